The van der Waals surface area contributed by atoms with E-state index in [4.69, 9.17) is 4.74 Å². The van der Waals surface area contributed by atoms with E-state index in [0.717, 1.165) is 38.0 Å². The molecular weight excluding hydrogens is 174 g/mol. The largest absolute Gasteiger partial charge is 0.493 e. The Morgan fingerprint density at radius 1 is 1.29 bits per heavy atom. The van der Waals surface area contributed by atoms with Gasteiger partial charge in [0, 0.05) is 11.8 Å². The van der Waals surface area contributed by atoms with Gasteiger partial charge in [0.2, 0.25) is 0 Å². The van der Waals surface area contributed by atoms with Crippen molar-refractivity contribution in [1.82, 2.24) is 4.98 Å². The summed E-state index contributed by atoms with van der Waals surface area (Å²) in [6.07, 6.45) is 8.52. The molecule has 3 rings (SSSR count). The Morgan fingerprint density at radius 2 is 2.29 bits per heavy atom. The normalized spacial score (nSPS) is 19.0. The van der Waals surface area contributed by atoms with Crippen LogP contribution in [0, 0.1) is 0 Å². The van der Waals surface area contributed by atoms with E-state index in [0.29, 0.717) is 0 Å². The SMILES string of the molecule is C1=C2OCCCc3ccnc(c32)CC1. The number of rotatable bonds is 0. The van der Waals surface area contributed by atoms with Crippen LogP contribution in [0.15, 0.2) is 18.3 Å². The molecule has 1 aromatic rings. The minimum absolute atomic E-state index is 0.847. The zero-order chi connectivity index (χ0) is 9.38. The Kier molecular flexibility index (Phi) is 1.79. The summed E-state index contributed by atoms with van der Waals surface area (Å²) < 4.78 is 5.73. The number of hydrogen-bond donors (Lipinski definition) is 0. The monoisotopic (exact) mass is 187 g/mol. The van der Waals surface area contributed by atoms with Gasteiger partial charge in [-0.3, -0.25) is 4.98 Å². The third kappa shape index (κ3) is 1.14. The van der Waals surface area contributed by atoms with Crippen LogP contribution in [-0.4, -0.2) is 11.6 Å². The van der Waals surface area contributed by atoms with E-state index < -0.39 is 0 Å². The molecule has 2 heteroatoms. The fourth-order valence-electron chi connectivity index (χ4n) is 2.27. The summed E-state index contributed by atoms with van der Waals surface area (Å²) in [4.78, 5) is 4.43. The molecule has 72 valence electrons. The lowest BCUT2D eigenvalue weighted by atomic mass is 9.95. The van der Waals surface area contributed by atoms with Crippen LogP contribution in [-0.2, 0) is 17.6 Å². The highest BCUT2D eigenvalue weighted by molar-refractivity contribution is 5.67. The maximum absolute atomic E-state index is 5.73. The second-order valence-corrected chi connectivity index (χ2v) is 3.85. The van der Waals surface area contributed by atoms with Crippen molar-refractivity contribution < 1.29 is 4.74 Å². The molecule has 0 spiro atoms. The fraction of sp³-hybridized carbons (Fsp3) is 0.417. The van der Waals surface area contributed by atoms with Gasteiger partial charge in [0.05, 0.1) is 12.3 Å². The van der Waals surface area contributed by atoms with Crippen LogP contribution in [0.5, 0.6) is 0 Å². The number of aromatic nitrogens is 1. The Hall–Kier alpha value is -1.31. The predicted octanol–water partition coefficient (Wildman–Crippen LogP) is 2.33. The quantitative estimate of drug-likeness (QED) is 0.622. The molecule has 0 saturated heterocycles. The van der Waals surface area contributed by atoms with Gasteiger partial charge in [0.25, 0.3) is 0 Å². The minimum Gasteiger partial charge on any atom is -0.493 e. The third-order valence-corrected chi connectivity index (χ3v) is 2.92. The lowest BCUT2D eigenvalue weighted by molar-refractivity contribution is 0.275. The van der Waals surface area contributed by atoms with E-state index >= 15 is 0 Å². The van der Waals surface area contributed by atoms with E-state index in [1.807, 2.05) is 6.20 Å². The molecule has 0 unspecified atom stereocenters. The second kappa shape index (κ2) is 3.12. The molecule has 0 atom stereocenters. The molecule has 2 nitrogen and oxygen atoms in total. The smallest absolute Gasteiger partial charge is 0.124 e. The minimum atomic E-state index is 0.847. The number of pyridine rings is 1. The van der Waals surface area contributed by atoms with Crippen molar-refractivity contribution in [2.24, 2.45) is 0 Å². The van der Waals surface area contributed by atoms with Gasteiger partial charge in [0.1, 0.15) is 5.76 Å². The van der Waals surface area contributed by atoms with Crippen LogP contribution in [0.3, 0.4) is 0 Å². The standard InChI is InChI=1S/C12H13NO/c1-4-10-12-9(6-7-13-10)3-2-8-14-11(12)5-1/h5-7H,1-4,8H2. The number of aryl methyl sites for hydroxylation is 2. The van der Waals surface area contributed by atoms with Gasteiger partial charge in [-0.1, -0.05) is 0 Å². The number of hydrogen-bond acceptors (Lipinski definition) is 2. The fourth-order valence-corrected chi connectivity index (χ4v) is 2.27. The summed E-state index contributed by atoms with van der Waals surface area (Å²) in [5, 5.41) is 0. The molecule has 0 saturated carbocycles. The maximum atomic E-state index is 5.73. The van der Waals surface area contributed by atoms with Crippen molar-refractivity contribution in [3.63, 3.8) is 0 Å². The van der Waals surface area contributed by atoms with Crippen molar-refractivity contribution in [3.8, 4) is 0 Å². The zero-order valence-corrected chi connectivity index (χ0v) is 8.12. The van der Waals surface area contributed by atoms with Gasteiger partial charge in [-0.15, -0.1) is 0 Å². The van der Waals surface area contributed by atoms with E-state index in [-0.39, 0.29) is 0 Å². The third-order valence-electron chi connectivity index (χ3n) is 2.92. The zero-order valence-electron chi connectivity index (χ0n) is 8.12. The molecule has 1 aromatic heterocycles. The first-order valence-electron chi connectivity index (χ1n) is 5.25. The summed E-state index contributed by atoms with van der Waals surface area (Å²) in [6.45, 7) is 0.847. The van der Waals surface area contributed by atoms with Crippen molar-refractivity contribution in [3.05, 3.63) is 35.2 Å². The number of ether oxygens (including phenoxy) is 1. The van der Waals surface area contributed by atoms with Gasteiger partial charge in [-0.2, -0.15) is 0 Å². The number of nitrogens with zero attached hydrogens (tertiary/aromatic N) is 1. The lowest BCUT2D eigenvalue weighted by Gasteiger charge is -2.17. The molecule has 0 amide bonds. The van der Waals surface area contributed by atoms with Gasteiger partial charge in [-0.05, 0) is 43.4 Å². The van der Waals surface area contributed by atoms with E-state index in [1.165, 1.54) is 16.8 Å². The first kappa shape index (κ1) is 8.04. The topological polar surface area (TPSA) is 22.1 Å². The average Bonchev–Trinajstić information content (AvgIpc) is 2.44. The maximum Gasteiger partial charge on any atom is 0.124 e. The Balaban J connectivity index is 2.22. The molecule has 2 aliphatic rings. The van der Waals surface area contributed by atoms with Crippen molar-refractivity contribution in [1.29, 1.82) is 0 Å². The van der Waals surface area contributed by atoms with Crippen LogP contribution in [0.2, 0.25) is 0 Å². The Labute approximate surface area is 83.6 Å². The van der Waals surface area contributed by atoms with Crippen LogP contribution in [0.4, 0.5) is 0 Å². The van der Waals surface area contributed by atoms with Crippen molar-refractivity contribution in [2.45, 2.75) is 25.7 Å². The molecule has 1 aliphatic heterocycles. The summed E-state index contributed by atoms with van der Waals surface area (Å²) in [5.74, 6) is 1.08. The van der Waals surface area contributed by atoms with E-state index in [2.05, 4.69) is 17.1 Å². The van der Waals surface area contributed by atoms with Gasteiger partial charge in [0.15, 0.2) is 0 Å². The highest BCUT2D eigenvalue weighted by Crippen LogP contribution is 2.31. The summed E-state index contributed by atoms with van der Waals surface area (Å²) in [5.41, 5.74) is 3.93. The summed E-state index contributed by atoms with van der Waals surface area (Å²) in [7, 11) is 0. The second-order valence-electron chi connectivity index (χ2n) is 3.85. The average molecular weight is 187 g/mol. The van der Waals surface area contributed by atoms with Gasteiger partial charge >= 0.3 is 0 Å². The highest BCUT2D eigenvalue weighted by atomic mass is 16.5. The first-order valence-corrected chi connectivity index (χ1v) is 5.25. The summed E-state index contributed by atoms with van der Waals surface area (Å²) >= 11 is 0. The molecule has 14 heavy (non-hydrogen) atoms. The molecule has 0 radical (unpaired) electrons. The molecule has 2 heterocycles. The molecule has 0 fully saturated rings. The first-order chi connectivity index (χ1) is 6.95. The lowest BCUT2D eigenvalue weighted by Crippen LogP contribution is -2.05. The molecule has 0 N–H and O–H groups in total. The molecule has 0 aromatic carbocycles. The van der Waals surface area contributed by atoms with E-state index in [1.54, 1.807) is 0 Å². The van der Waals surface area contributed by atoms with Crippen LogP contribution in [0.1, 0.15) is 29.7 Å². The molecular formula is C12H13NO. The van der Waals surface area contributed by atoms with Crippen molar-refractivity contribution >= 4 is 5.76 Å². The predicted molar refractivity (Wildman–Crippen MR) is 54.8 cm³/mol. The number of allylic oxidation sites excluding steroid dienone is 1. The Morgan fingerprint density at radius 3 is 3.29 bits per heavy atom. The Bertz CT molecular complexity index is 395. The van der Waals surface area contributed by atoms with Crippen molar-refractivity contribution in [2.75, 3.05) is 6.61 Å². The highest BCUT2D eigenvalue weighted by Gasteiger charge is 2.20. The summed E-state index contributed by atoms with van der Waals surface area (Å²) in [6, 6.07) is 2.13. The van der Waals surface area contributed by atoms with Crippen LogP contribution in [0.25, 0.3) is 5.76 Å². The molecule has 1 aliphatic carbocycles. The van der Waals surface area contributed by atoms with Gasteiger partial charge in [-0.25, -0.2) is 0 Å². The van der Waals surface area contributed by atoms with Gasteiger partial charge < -0.3 is 4.74 Å². The molecule has 0 bridgehead atoms. The van der Waals surface area contributed by atoms with Crippen LogP contribution < -0.4 is 0 Å². The van der Waals surface area contributed by atoms with E-state index in [9.17, 15) is 0 Å². The van der Waals surface area contributed by atoms with Crippen LogP contribution >= 0.6 is 0 Å².